The lowest BCUT2D eigenvalue weighted by molar-refractivity contribution is -0.0213. The van der Waals surface area contributed by atoms with Crippen LogP contribution in [0.15, 0.2) is 23.3 Å². The van der Waals surface area contributed by atoms with Crippen LogP contribution in [0.2, 0.25) is 0 Å². The molecule has 0 aromatic carbocycles. The van der Waals surface area contributed by atoms with E-state index in [1.54, 1.807) is 14.2 Å². The predicted molar refractivity (Wildman–Crippen MR) is 79.9 cm³/mol. The van der Waals surface area contributed by atoms with E-state index in [-0.39, 0.29) is 12.2 Å². The van der Waals surface area contributed by atoms with E-state index in [0.717, 1.165) is 25.6 Å². The van der Waals surface area contributed by atoms with Gasteiger partial charge in [-0.25, -0.2) is 0 Å². The topological polar surface area (TPSA) is 39.7 Å². The van der Waals surface area contributed by atoms with Gasteiger partial charge in [-0.15, -0.1) is 0 Å². The molecule has 114 valence electrons. The molecule has 0 radical (unpaired) electrons. The Bertz CT molecular complexity index is 361. The zero-order valence-electron chi connectivity index (χ0n) is 12.9. The first kappa shape index (κ1) is 15.7. The van der Waals surface area contributed by atoms with Gasteiger partial charge in [-0.05, 0) is 43.4 Å². The van der Waals surface area contributed by atoms with Crippen LogP contribution in [0.5, 0.6) is 0 Å². The zero-order valence-corrected chi connectivity index (χ0v) is 12.9. The maximum atomic E-state index is 5.96. The van der Waals surface area contributed by atoms with Crippen LogP contribution in [0.3, 0.4) is 0 Å². The number of hydrogen-bond donors (Lipinski definition) is 1. The highest BCUT2D eigenvalue weighted by Gasteiger charge is 2.27. The fourth-order valence-corrected chi connectivity index (χ4v) is 2.52. The van der Waals surface area contributed by atoms with Crippen molar-refractivity contribution in [1.29, 1.82) is 0 Å². The minimum absolute atomic E-state index is 0.0119. The minimum atomic E-state index is 0.0119. The molecule has 2 atom stereocenters. The molecule has 4 nitrogen and oxygen atoms in total. The molecule has 0 heterocycles. The Kier molecular flexibility index (Phi) is 6.23. The lowest BCUT2D eigenvalue weighted by Crippen LogP contribution is -2.34. The smallest absolute Gasteiger partial charge is 0.108 e. The highest BCUT2D eigenvalue weighted by Crippen LogP contribution is 2.24. The highest BCUT2D eigenvalue weighted by molar-refractivity contribution is 5.34. The second-order valence-electron chi connectivity index (χ2n) is 5.62. The Morgan fingerprint density at radius 2 is 2.05 bits per heavy atom. The summed E-state index contributed by atoms with van der Waals surface area (Å²) >= 11 is 0. The predicted octanol–water partition coefficient (Wildman–Crippen LogP) is 2.06. The van der Waals surface area contributed by atoms with Crippen LogP contribution < -0.4 is 5.32 Å². The molecular weight excluding hydrogens is 254 g/mol. The summed E-state index contributed by atoms with van der Waals surface area (Å²) in [5.74, 6) is 0. The number of hydrogen-bond acceptors (Lipinski definition) is 4. The van der Waals surface area contributed by atoms with Gasteiger partial charge >= 0.3 is 0 Å². The standard InChI is InChI=1S/C16H27NO3/c1-12-9-13(11-17-14-5-6-14)10-15(16(12)19-3)20-8-4-7-18-2/h9-10,14-17H,4-8,11H2,1-3H3. The zero-order chi connectivity index (χ0) is 14.4. The molecular formula is C16H27NO3. The van der Waals surface area contributed by atoms with Crippen LogP contribution in [0.1, 0.15) is 26.2 Å². The van der Waals surface area contributed by atoms with E-state index in [4.69, 9.17) is 14.2 Å². The molecule has 4 heteroatoms. The van der Waals surface area contributed by atoms with Crippen molar-refractivity contribution in [2.45, 2.75) is 44.4 Å². The van der Waals surface area contributed by atoms with Gasteiger partial charge in [0.1, 0.15) is 12.2 Å². The molecule has 1 N–H and O–H groups in total. The molecule has 0 amide bonds. The third kappa shape index (κ3) is 4.70. The minimum Gasteiger partial charge on any atom is -0.385 e. The highest BCUT2D eigenvalue weighted by atomic mass is 16.5. The molecule has 2 aliphatic rings. The van der Waals surface area contributed by atoms with Crippen molar-refractivity contribution in [2.75, 3.05) is 34.0 Å². The van der Waals surface area contributed by atoms with Crippen molar-refractivity contribution >= 4 is 0 Å². The summed E-state index contributed by atoms with van der Waals surface area (Å²) in [6, 6.07) is 0.728. The maximum absolute atomic E-state index is 5.96. The van der Waals surface area contributed by atoms with Crippen molar-refractivity contribution in [2.24, 2.45) is 0 Å². The van der Waals surface area contributed by atoms with Crippen molar-refractivity contribution in [1.82, 2.24) is 5.32 Å². The Labute approximate surface area is 122 Å². The van der Waals surface area contributed by atoms with Crippen LogP contribution in [-0.2, 0) is 14.2 Å². The van der Waals surface area contributed by atoms with E-state index < -0.39 is 0 Å². The lowest BCUT2D eigenvalue weighted by atomic mass is 9.95. The van der Waals surface area contributed by atoms with Crippen LogP contribution in [0, 0.1) is 0 Å². The van der Waals surface area contributed by atoms with Gasteiger partial charge in [0.05, 0.1) is 0 Å². The first-order chi connectivity index (χ1) is 9.74. The van der Waals surface area contributed by atoms with Gasteiger partial charge in [-0.1, -0.05) is 6.08 Å². The molecule has 2 rings (SSSR count). The SMILES string of the molecule is COCCCOC1C=C(CNC2CC2)C=C(C)C1OC. The first-order valence-electron chi connectivity index (χ1n) is 7.50. The van der Waals surface area contributed by atoms with Gasteiger partial charge in [0, 0.05) is 40.0 Å². The van der Waals surface area contributed by atoms with Gasteiger partial charge in [-0.2, -0.15) is 0 Å². The van der Waals surface area contributed by atoms with Gasteiger partial charge in [-0.3, -0.25) is 0 Å². The Morgan fingerprint density at radius 3 is 2.70 bits per heavy atom. The third-order valence-corrected chi connectivity index (χ3v) is 3.77. The van der Waals surface area contributed by atoms with E-state index in [2.05, 4.69) is 24.4 Å². The number of ether oxygens (including phenoxy) is 3. The summed E-state index contributed by atoms with van der Waals surface area (Å²) in [6.07, 6.45) is 8.00. The van der Waals surface area contributed by atoms with E-state index in [1.807, 2.05) is 0 Å². The van der Waals surface area contributed by atoms with E-state index >= 15 is 0 Å². The third-order valence-electron chi connectivity index (χ3n) is 3.77. The molecule has 1 saturated carbocycles. The molecule has 1 fully saturated rings. The molecule has 2 unspecified atom stereocenters. The Morgan fingerprint density at radius 1 is 1.25 bits per heavy atom. The normalized spacial score (nSPS) is 26.4. The van der Waals surface area contributed by atoms with E-state index in [1.165, 1.54) is 24.0 Å². The van der Waals surface area contributed by atoms with Crippen LogP contribution in [0.4, 0.5) is 0 Å². The second-order valence-corrected chi connectivity index (χ2v) is 5.62. The molecule has 0 spiro atoms. The van der Waals surface area contributed by atoms with Crippen molar-refractivity contribution in [3.63, 3.8) is 0 Å². The molecule has 0 bridgehead atoms. The summed E-state index contributed by atoms with van der Waals surface area (Å²) < 4.78 is 16.6. The fourth-order valence-electron chi connectivity index (χ4n) is 2.52. The van der Waals surface area contributed by atoms with Gasteiger partial charge in [0.2, 0.25) is 0 Å². The van der Waals surface area contributed by atoms with E-state index in [0.29, 0.717) is 6.61 Å². The van der Waals surface area contributed by atoms with Gasteiger partial charge < -0.3 is 19.5 Å². The maximum Gasteiger partial charge on any atom is 0.108 e. The summed E-state index contributed by atoms with van der Waals surface area (Å²) in [7, 11) is 3.46. The largest absolute Gasteiger partial charge is 0.385 e. The summed E-state index contributed by atoms with van der Waals surface area (Å²) in [6.45, 7) is 4.48. The van der Waals surface area contributed by atoms with Crippen molar-refractivity contribution in [3.05, 3.63) is 23.3 Å². The van der Waals surface area contributed by atoms with E-state index in [9.17, 15) is 0 Å². The Balaban J connectivity index is 1.88. The summed E-state index contributed by atoms with van der Waals surface area (Å²) in [4.78, 5) is 0. The quantitative estimate of drug-likeness (QED) is 0.657. The van der Waals surface area contributed by atoms with Crippen molar-refractivity contribution < 1.29 is 14.2 Å². The lowest BCUT2D eigenvalue weighted by Gasteiger charge is -2.29. The summed E-state index contributed by atoms with van der Waals surface area (Å²) in [5.41, 5.74) is 2.54. The van der Waals surface area contributed by atoms with Crippen molar-refractivity contribution in [3.8, 4) is 0 Å². The van der Waals surface area contributed by atoms with Crippen LogP contribution in [-0.4, -0.2) is 52.2 Å². The first-order valence-corrected chi connectivity index (χ1v) is 7.50. The number of rotatable bonds is 9. The summed E-state index contributed by atoms with van der Waals surface area (Å²) in [5, 5.41) is 3.55. The molecule has 2 aliphatic carbocycles. The van der Waals surface area contributed by atoms with Gasteiger partial charge in [0.25, 0.3) is 0 Å². The molecule has 0 saturated heterocycles. The average Bonchev–Trinajstić information content (AvgIpc) is 3.25. The molecule has 0 aromatic heterocycles. The van der Waals surface area contributed by atoms with Gasteiger partial charge in [0.15, 0.2) is 0 Å². The average molecular weight is 281 g/mol. The Hall–Kier alpha value is -0.680. The fraction of sp³-hybridized carbons (Fsp3) is 0.750. The molecule has 20 heavy (non-hydrogen) atoms. The monoisotopic (exact) mass is 281 g/mol. The number of nitrogens with one attached hydrogen (secondary N) is 1. The van der Waals surface area contributed by atoms with Crippen LogP contribution >= 0.6 is 0 Å². The second kappa shape index (κ2) is 7.93. The number of methoxy groups -OCH3 is 2. The van der Waals surface area contributed by atoms with Crippen LogP contribution in [0.25, 0.3) is 0 Å². The molecule has 0 aliphatic heterocycles. The molecule has 0 aromatic rings.